The third kappa shape index (κ3) is 9.02. The van der Waals surface area contributed by atoms with Crippen molar-refractivity contribution in [1.82, 2.24) is 0 Å². The highest BCUT2D eigenvalue weighted by Crippen LogP contribution is 2.33. The number of hydrogen-bond donors (Lipinski definition) is 0. The van der Waals surface area contributed by atoms with Gasteiger partial charge in [-0.1, -0.05) is 84.4 Å². The van der Waals surface area contributed by atoms with E-state index in [0.29, 0.717) is 0 Å². The van der Waals surface area contributed by atoms with Gasteiger partial charge in [0, 0.05) is 0 Å². The van der Waals surface area contributed by atoms with Gasteiger partial charge in [-0.15, -0.1) is 0 Å². The number of unbranched alkanes of at least 4 members (excludes halogenated alkanes) is 1. The van der Waals surface area contributed by atoms with E-state index in [0.717, 1.165) is 12.3 Å². The highest BCUT2D eigenvalue weighted by molar-refractivity contribution is 6.14. The maximum atomic E-state index is 6.20. The molecule has 0 spiro atoms. The Morgan fingerprint density at radius 1 is 1.00 bits per heavy atom. The molecular weight excluding hydrogens is 179 g/mol. The average Bonchev–Trinajstić information content (AvgIpc) is 2.13. The molecule has 15 heavy (non-hydrogen) atoms. The van der Waals surface area contributed by atoms with Crippen molar-refractivity contribution in [1.29, 1.82) is 0 Å². The molecule has 0 saturated heterocycles. The van der Waals surface area contributed by atoms with Crippen LogP contribution in [-0.2, 0) is 0 Å². The summed E-state index contributed by atoms with van der Waals surface area (Å²) in [6, 6.07) is 0. The van der Waals surface area contributed by atoms with E-state index in [9.17, 15) is 0 Å². The van der Waals surface area contributed by atoms with Crippen LogP contribution in [0.4, 0.5) is 0 Å². The molecular formula is C14H29B. The molecule has 0 aliphatic heterocycles. The fraction of sp³-hybridized carbons (Fsp3) is 1.00. The smallest absolute Gasteiger partial charge is 0.0688 e. The van der Waals surface area contributed by atoms with Crippen molar-refractivity contribution < 1.29 is 0 Å². The Hall–Kier alpha value is 0.0649. The van der Waals surface area contributed by atoms with Crippen LogP contribution in [0.15, 0.2) is 0 Å². The third-order valence-corrected chi connectivity index (χ3v) is 3.30. The van der Waals surface area contributed by atoms with Gasteiger partial charge in [-0.3, -0.25) is 0 Å². The van der Waals surface area contributed by atoms with Crippen molar-refractivity contribution in [3.05, 3.63) is 0 Å². The first-order valence-corrected chi connectivity index (χ1v) is 6.80. The van der Waals surface area contributed by atoms with Gasteiger partial charge in [-0.2, -0.15) is 0 Å². The minimum Gasteiger partial charge on any atom is -0.0688 e. The number of hydrogen-bond acceptors (Lipinski definition) is 0. The van der Waals surface area contributed by atoms with Crippen molar-refractivity contribution in [2.75, 3.05) is 0 Å². The summed E-state index contributed by atoms with van der Waals surface area (Å²) in [6.45, 7) is 9.06. The van der Waals surface area contributed by atoms with Gasteiger partial charge in [0.1, 0.15) is 0 Å². The van der Waals surface area contributed by atoms with E-state index >= 15 is 0 Å². The quantitative estimate of drug-likeness (QED) is 0.364. The SMILES string of the molecule is [B]C(C)(CCC)CCCCC(C)CCC. The zero-order chi connectivity index (χ0) is 11.7. The number of rotatable bonds is 9. The van der Waals surface area contributed by atoms with Crippen molar-refractivity contribution in [3.63, 3.8) is 0 Å². The highest BCUT2D eigenvalue weighted by atomic mass is 14.2. The second kappa shape index (κ2) is 8.24. The predicted octanol–water partition coefficient (Wildman–Crippen LogP) is 5.13. The first-order valence-electron chi connectivity index (χ1n) is 6.80. The monoisotopic (exact) mass is 208 g/mol. The summed E-state index contributed by atoms with van der Waals surface area (Å²) < 4.78 is 0. The van der Waals surface area contributed by atoms with E-state index in [2.05, 4.69) is 27.7 Å². The van der Waals surface area contributed by atoms with E-state index in [1.807, 2.05) is 0 Å². The first kappa shape index (κ1) is 15.1. The lowest BCUT2D eigenvalue weighted by atomic mass is 9.64. The van der Waals surface area contributed by atoms with Crippen LogP contribution in [0.1, 0.15) is 79.1 Å². The van der Waals surface area contributed by atoms with Crippen LogP contribution >= 0.6 is 0 Å². The Labute approximate surface area is 98.6 Å². The molecule has 0 amide bonds. The molecule has 0 nitrogen and oxygen atoms in total. The lowest BCUT2D eigenvalue weighted by molar-refractivity contribution is 0.426. The highest BCUT2D eigenvalue weighted by Gasteiger charge is 2.15. The largest absolute Gasteiger partial charge is 0.0742 e. The molecule has 88 valence electrons. The Bertz CT molecular complexity index is 140. The van der Waals surface area contributed by atoms with Gasteiger partial charge < -0.3 is 0 Å². The summed E-state index contributed by atoms with van der Waals surface area (Å²) >= 11 is 0. The molecule has 0 aromatic carbocycles. The molecule has 0 fully saturated rings. The predicted molar refractivity (Wildman–Crippen MR) is 71.6 cm³/mol. The molecule has 0 saturated carbocycles. The maximum absolute atomic E-state index is 6.20. The molecule has 0 aromatic heterocycles. The van der Waals surface area contributed by atoms with Crippen molar-refractivity contribution >= 4 is 7.85 Å². The van der Waals surface area contributed by atoms with Crippen LogP contribution in [0, 0.1) is 5.92 Å². The van der Waals surface area contributed by atoms with E-state index in [1.54, 1.807) is 0 Å². The minimum absolute atomic E-state index is 0.0861. The van der Waals surface area contributed by atoms with Gasteiger partial charge in [0.15, 0.2) is 0 Å². The van der Waals surface area contributed by atoms with E-state index in [4.69, 9.17) is 7.85 Å². The van der Waals surface area contributed by atoms with Crippen LogP contribution in [-0.4, -0.2) is 7.85 Å². The van der Waals surface area contributed by atoms with E-state index in [1.165, 1.54) is 44.9 Å². The van der Waals surface area contributed by atoms with Gasteiger partial charge in [0.25, 0.3) is 0 Å². The average molecular weight is 208 g/mol. The zero-order valence-electron chi connectivity index (χ0n) is 11.3. The second-order valence-electron chi connectivity index (χ2n) is 5.54. The van der Waals surface area contributed by atoms with Crippen LogP contribution in [0.2, 0.25) is 5.31 Å². The molecule has 0 N–H and O–H groups in total. The molecule has 2 atom stereocenters. The van der Waals surface area contributed by atoms with Gasteiger partial charge in [-0.25, -0.2) is 0 Å². The van der Waals surface area contributed by atoms with Gasteiger partial charge in [0.2, 0.25) is 0 Å². The van der Waals surface area contributed by atoms with Crippen LogP contribution in [0.3, 0.4) is 0 Å². The fourth-order valence-electron chi connectivity index (χ4n) is 2.35. The summed E-state index contributed by atoms with van der Waals surface area (Å²) in [5.41, 5.74) is 0. The van der Waals surface area contributed by atoms with Gasteiger partial charge in [-0.05, 0) is 5.92 Å². The molecule has 2 radical (unpaired) electrons. The zero-order valence-corrected chi connectivity index (χ0v) is 11.3. The summed E-state index contributed by atoms with van der Waals surface area (Å²) in [5.74, 6) is 0.908. The molecule has 0 aliphatic carbocycles. The van der Waals surface area contributed by atoms with Crippen LogP contribution in [0.25, 0.3) is 0 Å². The van der Waals surface area contributed by atoms with E-state index in [-0.39, 0.29) is 5.31 Å². The molecule has 0 bridgehead atoms. The Morgan fingerprint density at radius 2 is 1.67 bits per heavy atom. The summed E-state index contributed by atoms with van der Waals surface area (Å²) in [5, 5.41) is 0.0861. The Balaban J connectivity index is 3.44. The van der Waals surface area contributed by atoms with Crippen molar-refractivity contribution in [2.45, 2.75) is 84.4 Å². The van der Waals surface area contributed by atoms with E-state index < -0.39 is 0 Å². The Kier molecular flexibility index (Phi) is 8.28. The van der Waals surface area contributed by atoms with Crippen LogP contribution < -0.4 is 0 Å². The van der Waals surface area contributed by atoms with Crippen molar-refractivity contribution in [2.24, 2.45) is 5.92 Å². The van der Waals surface area contributed by atoms with Gasteiger partial charge >= 0.3 is 0 Å². The Morgan fingerprint density at radius 3 is 2.20 bits per heavy atom. The summed E-state index contributed by atoms with van der Waals surface area (Å²) in [4.78, 5) is 0. The normalized spacial score (nSPS) is 17.3. The topological polar surface area (TPSA) is 0 Å². The van der Waals surface area contributed by atoms with Crippen molar-refractivity contribution in [3.8, 4) is 0 Å². The summed E-state index contributed by atoms with van der Waals surface area (Å²) in [6.07, 6.45) is 10.3. The maximum Gasteiger partial charge on any atom is 0.0742 e. The third-order valence-electron chi connectivity index (χ3n) is 3.30. The molecule has 2 unspecified atom stereocenters. The first-order chi connectivity index (χ1) is 7.02. The second-order valence-corrected chi connectivity index (χ2v) is 5.54. The molecule has 0 aromatic rings. The molecule has 0 heterocycles. The molecule has 0 rings (SSSR count). The lowest BCUT2D eigenvalue weighted by Crippen LogP contribution is -2.07. The molecule has 0 aliphatic rings. The van der Waals surface area contributed by atoms with Crippen LogP contribution in [0.5, 0.6) is 0 Å². The lowest BCUT2D eigenvalue weighted by Gasteiger charge is -2.24. The van der Waals surface area contributed by atoms with Gasteiger partial charge in [0.05, 0.1) is 7.85 Å². The molecule has 1 heteroatoms. The standard InChI is InChI=1S/C14H29B/c1-5-9-13(3)10-7-8-12-14(4,15)11-6-2/h13H,5-12H2,1-4H3. The summed E-state index contributed by atoms with van der Waals surface area (Å²) in [7, 11) is 6.20. The minimum atomic E-state index is 0.0861. The fourth-order valence-corrected chi connectivity index (χ4v) is 2.35.